The van der Waals surface area contributed by atoms with Gasteiger partial charge in [-0.05, 0) is 23.8 Å². The molecular weight excluding hydrogens is 454 g/mol. The lowest BCUT2D eigenvalue weighted by Crippen LogP contribution is -2.42. The average Bonchev–Trinajstić information content (AvgIpc) is 3.30. The Kier molecular flexibility index (Phi) is 6.91. The average molecular weight is 482 g/mol. The van der Waals surface area contributed by atoms with Crippen molar-refractivity contribution in [1.82, 2.24) is 9.47 Å². The molecule has 0 aliphatic carbocycles. The summed E-state index contributed by atoms with van der Waals surface area (Å²) in [6.45, 7) is 2.50. The minimum atomic E-state index is -0.618. The fraction of sp³-hybridized carbons (Fsp3) is 0.207. The first-order valence-corrected chi connectivity index (χ1v) is 12.0. The van der Waals surface area contributed by atoms with Crippen molar-refractivity contribution in [2.75, 3.05) is 31.2 Å². The molecule has 0 spiro atoms. The van der Waals surface area contributed by atoms with E-state index in [1.165, 1.54) is 4.90 Å². The smallest absolute Gasteiger partial charge is 0.299 e. The zero-order valence-corrected chi connectivity index (χ0v) is 19.9. The molecule has 0 N–H and O–H groups in total. The lowest BCUT2D eigenvalue weighted by Gasteiger charge is -2.27. The molecule has 1 aliphatic rings. The summed E-state index contributed by atoms with van der Waals surface area (Å²) in [4.78, 5) is 43.5. The van der Waals surface area contributed by atoms with Crippen LogP contribution in [0, 0.1) is 0 Å². The molecule has 1 aliphatic heterocycles. The minimum absolute atomic E-state index is 0.0423. The zero-order chi connectivity index (χ0) is 24.9. The Labute approximate surface area is 209 Å². The summed E-state index contributed by atoms with van der Waals surface area (Å²) in [7, 11) is 0. The third kappa shape index (κ3) is 4.92. The number of morpholine rings is 1. The molecule has 1 fully saturated rings. The Bertz CT molecular complexity index is 1380. The molecule has 5 rings (SSSR count). The number of anilines is 1. The van der Waals surface area contributed by atoms with Gasteiger partial charge in [0.25, 0.3) is 11.7 Å². The highest BCUT2D eigenvalue weighted by atomic mass is 16.5. The summed E-state index contributed by atoms with van der Waals surface area (Å²) in [5.41, 5.74) is 2.59. The summed E-state index contributed by atoms with van der Waals surface area (Å²) < 4.78 is 7.11. The molecule has 0 atom stereocenters. The number of amides is 2. The van der Waals surface area contributed by atoms with Crippen LogP contribution in [0.15, 0.2) is 91.1 Å². The van der Waals surface area contributed by atoms with Crippen molar-refractivity contribution < 1.29 is 19.1 Å². The number of ether oxygens (including phenoxy) is 1. The monoisotopic (exact) mass is 481 g/mol. The van der Waals surface area contributed by atoms with E-state index in [0.717, 1.165) is 11.1 Å². The Balaban J connectivity index is 1.46. The molecule has 0 saturated carbocycles. The number of ketones is 1. The maximum absolute atomic E-state index is 13.6. The van der Waals surface area contributed by atoms with Crippen LogP contribution in [0.25, 0.3) is 10.9 Å². The van der Waals surface area contributed by atoms with Crippen molar-refractivity contribution in [3.05, 3.63) is 102 Å². The Morgan fingerprint density at radius 3 is 2.17 bits per heavy atom. The third-order valence-corrected chi connectivity index (χ3v) is 6.39. The number of carbonyl (C=O) groups excluding carboxylic acids is 3. The molecule has 4 aromatic rings. The van der Waals surface area contributed by atoms with Crippen LogP contribution in [-0.2, 0) is 27.4 Å². The van der Waals surface area contributed by atoms with E-state index in [2.05, 4.69) is 0 Å². The number of benzene rings is 3. The maximum atomic E-state index is 13.6. The number of para-hydroxylation sites is 2. The SMILES string of the molecule is O=C(C(=O)N(Cc1ccccc1)c1ccccc1)c1cn(CC(=O)N2CCOCC2)c2ccccc12. The molecule has 7 heteroatoms. The van der Waals surface area contributed by atoms with Gasteiger partial charge in [-0.1, -0.05) is 66.7 Å². The number of nitrogens with zero attached hydrogens (tertiary/aromatic N) is 3. The summed E-state index contributed by atoms with van der Waals surface area (Å²) in [5.74, 6) is -1.27. The van der Waals surface area contributed by atoms with Crippen LogP contribution in [0.5, 0.6) is 0 Å². The predicted octanol–water partition coefficient (Wildman–Crippen LogP) is 3.92. The van der Waals surface area contributed by atoms with Crippen molar-refractivity contribution >= 4 is 34.2 Å². The van der Waals surface area contributed by atoms with E-state index >= 15 is 0 Å². The van der Waals surface area contributed by atoms with Gasteiger partial charge in [0.1, 0.15) is 6.54 Å². The Morgan fingerprint density at radius 2 is 1.44 bits per heavy atom. The molecular formula is C29H27N3O4. The standard InChI is InChI=1S/C29H27N3O4/c33-27(30-15-17-36-18-16-30)21-31-20-25(24-13-7-8-14-26(24)31)28(34)29(35)32(23-11-5-2-6-12-23)19-22-9-3-1-4-10-22/h1-14,20H,15-19,21H2. The largest absolute Gasteiger partial charge is 0.378 e. The van der Waals surface area contributed by atoms with Crippen molar-refractivity contribution in [2.45, 2.75) is 13.1 Å². The molecule has 36 heavy (non-hydrogen) atoms. The summed E-state index contributed by atoms with van der Waals surface area (Å²) in [6, 6.07) is 26.1. The normalized spacial score (nSPS) is 13.5. The molecule has 0 bridgehead atoms. The van der Waals surface area contributed by atoms with Crippen LogP contribution in [0.3, 0.4) is 0 Å². The quantitative estimate of drug-likeness (QED) is 0.296. The topological polar surface area (TPSA) is 71.9 Å². The fourth-order valence-corrected chi connectivity index (χ4v) is 4.51. The predicted molar refractivity (Wildman–Crippen MR) is 138 cm³/mol. The highest BCUT2D eigenvalue weighted by Gasteiger charge is 2.28. The van der Waals surface area contributed by atoms with Crippen molar-refractivity contribution in [2.24, 2.45) is 0 Å². The first kappa shape index (κ1) is 23.5. The van der Waals surface area contributed by atoms with Gasteiger partial charge in [-0.3, -0.25) is 14.4 Å². The molecule has 0 unspecified atom stereocenters. The van der Waals surface area contributed by atoms with Gasteiger partial charge in [0.15, 0.2) is 0 Å². The number of fused-ring (bicyclic) bond motifs is 1. The molecule has 2 heterocycles. The number of Topliss-reactive ketones (excluding diaryl/α,β-unsaturated/α-hetero) is 1. The van der Waals surface area contributed by atoms with E-state index < -0.39 is 11.7 Å². The second-order valence-electron chi connectivity index (χ2n) is 8.72. The van der Waals surface area contributed by atoms with Gasteiger partial charge in [-0.25, -0.2) is 0 Å². The van der Waals surface area contributed by atoms with E-state index in [-0.39, 0.29) is 19.0 Å². The van der Waals surface area contributed by atoms with Crippen LogP contribution in [-0.4, -0.2) is 53.4 Å². The first-order valence-electron chi connectivity index (χ1n) is 12.0. The molecule has 1 aromatic heterocycles. The summed E-state index contributed by atoms with van der Waals surface area (Å²) in [5, 5.41) is 0.651. The fourth-order valence-electron chi connectivity index (χ4n) is 4.51. The summed E-state index contributed by atoms with van der Waals surface area (Å²) >= 11 is 0. The molecule has 2 amide bonds. The summed E-state index contributed by atoms with van der Waals surface area (Å²) in [6.07, 6.45) is 1.63. The second-order valence-corrected chi connectivity index (χ2v) is 8.72. The number of hydrogen-bond acceptors (Lipinski definition) is 4. The van der Waals surface area contributed by atoms with Crippen LogP contribution < -0.4 is 4.90 Å². The highest BCUT2D eigenvalue weighted by molar-refractivity contribution is 6.48. The van der Waals surface area contributed by atoms with E-state index in [0.29, 0.717) is 42.9 Å². The van der Waals surface area contributed by atoms with E-state index in [1.54, 1.807) is 15.7 Å². The molecule has 7 nitrogen and oxygen atoms in total. The number of carbonyl (C=O) groups is 3. The Hall–Kier alpha value is -4.23. The highest BCUT2D eigenvalue weighted by Crippen LogP contribution is 2.25. The van der Waals surface area contributed by atoms with Crippen molar-refractivity contribution in [3.63, 3.8) is 0 Å². The lowest BCUT2D eigenvalue weighted by atomic mass is 10.1. The number of aromatic nitrogens is 1. The lowest BCUT2D eigenvalue weighted by molar-refractivity contribution is -0.135. The van der Waals surface area contributed by atoms with Gasteiger partial charge < -0.3 is 19.1 Å². The van der Waals surface area contributed by atoms with Crippen LogP contribution in [0.4, 0.5) is 5.69 Å². The first-order chi connectivity index (χ1) is 17.6. The van der Waals surface area contributed by atoms with Crippen LogP contribution in [0.2, 0.25) is 0 Å². The maximum Gasteiger partial charge on any atom is 0.299 e. The van der Waals surface area contributed by atoms with Gasteiger partial charge in [-0.15, -0.1) is 0 Å². The molecule has 3 aromatic carbocycles. The van der Waals surface area contributed by atoms with Gasteiger partial charge >= 0.3 is 0 Å². The molecule has 1 saturated heterocycles. The van der Waals surface area contributed by atoms with Crippen LogP contribution >= 0.6 is 0 Å². The zero-order valence-electron chi connectivity index (χ0n) is 19.9. The van der Waals surface area contributed by atoms with Gasteiger partial charge in [-0.2, -0.15) is 0 Å². The third-order valence-electron chi connectivity index (χ3n) is 6.39. The molecule has 182 valence electrons. The van der Waals surface area contributed by atoms with Gasteiger partial charge in [0.2, 0.25) is 5.91 Å². The van der Waals surface area contributed by atoms with Gasteiger partial charge in [0, 0.05) is 35.9 Å². The molecule has 0 radical (unpaired) electrons. The Morgan fingerprint density at radius 1 is 0.806 bits per heavy atom. The van der Waals surface area contributed by atoms with E-state index in [9.17, 15) is 14.4 Å². The van der Waals surface area contributed by atoms with E-state index in [4.69, 9.17) is 4.74 Å². The number of rotatable bonds is 7. The minimum Gasteiger partial charge on any atom is -0.378 e. The second kappa shape index (κ2) is 10.6. The van der Waals surface area contributed by atoms with Gasteiger partial charge in [0.05, 0.1) is 25.3 Å². The van der Waals surface area contributed by atoms with Crippen LogP contribution in [0.1, 0.15) is 15.9 Å². The number of hydrogen-bond donors (Lipinski definition) is 0. The van der Waals surface area contributed by atoms with Crippen molar-refractivity contribution in [1.29, 1.82) is 0 Å². The van der Waals surface area contributed by atoms with E-state index in [1.807, 2.05) is 84.9 Å². The van der Waals surface area contributed by atoms with Crippen molar-refractivity contribution in [3.8, 4) is 0 Å².